The molecule has 0 aromatic carbocycles. The molecule has 3 aromatic heterocycles. The number of piperidine rings is 1. The van der Waals surface area contributed by atoms with Crippen molar-refractivity contribution in [3.63, 3.8) is 0 Å². The summed E-state index contributed by atoms with van der Waals surface area (Å²) in [5.41, 5.74) is 5.27. The van der Waals surface area contributed by atoms with E-state index in [1.54, 1.807) is 18.6 Å². The van der Waals surface area contributed by atoms with Crippen molar-refractivity contribution >= 4 is 5.91 Å². The van der Waals surface area contributed by atoms with Crippen LogP contribution >= 0.6 is 0 Å². The van der Waals surface area contributed by atoms with Gasteiger partial charge in [-0.2, -0.15) is 0 Å². The maximum absolute atomic E-state index is 13.0. The third-order valence-corrected chi connectivity index (χ3v) is 5.51. The van der Waals surface area contributed by atoms with Gasteiger partial charge in [0.25, 0.3) is 5.91 Å². The van der Waals surface area contributed by atoms with Crippen LogP contribution in [0.15, 0.2) is 36.8 Å². The summed E-state index contributed by atoms with van der Waals surface area (Å²) >= 11 is 0. The highest BCUT2D eigenvalue weighted by molar-refractivity contribution is 5.95. The first-order valence-electron chi connectivity index (χ1n) is 9.79. The Morgan fingerprint density at radius 3 is 2.79 bits per heavy atom. The van der Waals surface area contributed by atoms with E-state index in [0.717, 1.165) is 53.4 Å². The van der Waals surface area contributed by atoms with Gasteiger partial charge >= 0.3 is 0 Å². The van der Waals surface area contributed by atoms with Gasteiger partial charge in [-0.15, -0.1) is 0 Å². The van der Waals surface area contributed by atoms with Gasteiger partial charge < -0.3 is 9.88 Å². The van der Waals surface area contributed by atoms with E-state index >= 15 is 0 Å². The quantitative estimate of drug-likeness (QED) is 0.746. The molecule has 1 unspecified atom stereocenters. The Hall–Kier alpha value is -3.02. The second-order valence-electron chi connectivity index (χ2n) is 7.53. The van der Waals surface area contributed by atoms with Crippen LogP contribution in [-0.2, 0) is 0 Å². The summed E-state index contributed by atoms with van der Waals surface area (Å²) < 4.78 is 0. The van der Waals surface area contributed by atoms with Crippen LogP contribution in [0.3, 0.4) is 0 Å². The number of imidazole rings is 1. The standard InChI is InChI=1S/C22H25N5O/c1-14-6-4-5-9-27(14)22(28)19-10-18(12-23-13-19)17-7-8-24-20(11-17)21-25-15(2)16(3)26-21/h7-8,10-14H,4-6,9H2,1-3H3,(H,25,26). The number of rotatable bonds is 3. The molecule has 6 nitrogen and oxygen atoms in total. The minimum Gasteiger partial charge on any atom is -0.341 e. The minimum atomic E-state index is 0.0631. The van der Waals surface area contributed by atoms with Crippen LogP contribution in [0.5, 0.6) is 0 Å². The van der Waals surface area contributed by atoms with E-state index in [1.165, 1.54) is 6.42 Å². The SMILES string of the molecule is Cc1nc(-c2cc(-c3cncc(C(=O)N4CCCCC4C)c3)ccn2)[nH]c1C. The molecule has 1 aliphatic rings. The number of carbonyl (C=O) groups is 1. The molecule has 4 heterocycles. The van der Waals surface area contributed by atoms with Crippen molar-refractivity contribution in [2.24, 2.45) is 0 Å². The van der Waals surface area contributed by atoms with Gasteiger partial charge in [-0.25, -0.2) is 4.98 Å². The lowest BCUT2D eigenvalue weighted by Crippen LogP contribution is -2.42. The monoisotopic (exact) mass is 375 g/mol. The topological polar surface area (TPSA) is 74.8 Å². The number of amides is 1. The summed E-state index contributed by atoms with van der Waals surface area (Å²) in [7, 11) is 0. The summed E-state index contributed by atoms with van der Waals surface area (Å²) in [5, 5.41) is 0. The van der Waals surface area contributed by atoms with E-state index in [1.807, 2.05) is 36.9 Å². The fraction of sp³-hybridized carbons (Fsp3) is 0.364. The van der Waals surface area contributed by atoms with Gasteiger partial charge in [-0.1, -0.05) is 0 Å². The van der Waals surface area contributed by atoms with Crippen LogP contribution in [0.1, 0.15) is 47.9 Å². The van der Waals surface area contributed by atoms with E-state index in [0.29, 0.717) is 5.56 Å². The molecular weight excluding hydrogens is 350 g/mol. The average molecular weight is 375 g/mol. The van der Waals surface area contributed by atoms with Gasteiger partial charge in [0.05, 0.1) is 11.3 Å². The Balaban J connectivity index is 1.64. The molecule has 4 rings (SSSR count). The number of nitrogens with zero attached hydrogens (tertiary/aromatic N) is 4. The molecule has 1 fully saturated rings. The molecule has 144 valence electrons. The summed E-state index contributed by atoms with van der Waals surface area (Å²) in [6.45, 7) is 6.91. The molecule has 28 heavy (non-hydrogen) atoms. The lowest BCUT2D eigenvalue weighted by molar-refractivity contribution is 0.0635. The zero-order valence-electron chi connectivity index (χ0n) is 16.6. The maximum atomic E-state index is 13.0. The summed E-state index contributed by atoms with van der Waals surface area (Å²) in [6.07, 6.45) is 8.53. The van der Waals surface area contributed by atoms with Crippen molar-refractivity contribution in [2.45, 2.75) is 46.1 Å². The van der Waals surface area contributed by atoms with Crippen molar-refractivity contribution in [3.8, 4) is 22.6 Å². The van der Waals surface area contributed by atoms with Crippen LogP contribution in [0, 0.1) is 13.8 Å². The smallest absolute Gasteiger partial charge is 0.255 e. The van der Waals surface area contributed by atoms with Crippen LogP contribution in [0.4, 0.5) is 0 Å². The molecule has 6 heteroatoms. The van der Waals surface area contributed by atoms with Crippen molar-refractivity contribution < 1.29 is 4.79 Å². The molecule has 0 spiro atoms. The normalized spacial score (nSPS) is 17.0. The van der Waals surface area contributed by atoms with E-state index in [-0.39, 0.29) is 11.9 Å². The number of likely N-dealkylation sites (tertiary alicyclic amines) is 1. The Kier molecular flexibility index (Phi) is 4.94. The minimum absolute atomic E-state index is 0.0631. The first-order chi connectivity index (χ1) is 13.5. The van der Waals surface area contributed by atoms with Crippen LogP contribution < -0.4 is 0 Å². The van der Waals surface area contributed by atoms with Crippen LogP contribution in [-0.4, -0.2) is 43.3 Å². The third-order valence-electron chi connectivity index (χ3n) is 5.51. The molecule has 1 atom stereocenters. The molecule has 1 amide bonds. The summed E-state index contributed by atoms with van der Waals surface area (Å²) in [6, 6.07) is 6.12. The number of H-pyrrole nitrogens is 1. The fourth-order valence-electron chi connectivity index (χ4n) is 3.69. The highest BCUT2D eigenvalue weighted by atomic mass is 16.2. The maximum Gasteiger partial charge on any atom is 0.255 e. The second kappa shape index (κ2) is 7.54. The van der Waals surface area contributed by atoms with Crippen molar-refractivity contribution in [1.29, 1.82) is 0 Å². The molecule has 0 saturated carbocycles. The zero-order chi connectivity index (χ0) is 19.7. The van der Waals surface area contributed by atoms with Gasteiger partial charge in [0, 0.05) is 42.4 Å². The van der Waals surface area contributed by atoms with Crippen molar-refractivity contribution in [2.75, 3.05) is 6.54 Å². The first kappa shape index (κ1) is 18.3. The molecule has 1 saturated heterocycles. The average Bonchev–Trinajstić information content (AvgIpc) is 3.07. The van der Waals surface area contributed by atoms with E-state index < -0.39 is 0 Å². The molecule has 1 aliphatic heterocycles. The molecular formula is C22H25N5O. The Bertz CT molecular complexity index is 990. The predicted octanol–water partition coefficient (Wildman–Crippen LogP) is 4.17. The summed E-state index contributed by atoms with van der Waals surface area (Å²) in [4.78, 5) is 31.5. The van der Waals surface area contributed by atoms with Gasteiger partial charge in [0.15, 0.2) is 5.82 Å². The van der Waals surface area contributed by atoms with Gasteiger partial charge in [0.1, 0.15) is 5.69 Å². The number of hydrogen-bond acceptors (Lipinski definition) is 4. The number of aryl methyl sites for hydroxylation is 2. The highest BCUT2D eigenvalue weighted by Gasteiger charge is 2.24. The van der Waals surface area contributed by atoms with Crippen molar-refractivity contribution in [1.82, 2.24) is 24.8 Å². The lowest BCUT2D eigenvalue weighted by atomic mass is 10.0. The fourth-order valence-corrected chi connectivity index (χ4v) is 3.69. The van der Waals surface area contributed by atoms with Gasteiger partial charge in [-0.3, -0.25) is 14.8 Å². The van der Waals surface area contributed by atoms with E-state index in [4.69, 9.17) is 0 Å². The second-order valence-corrected chi connectivity index (χ2v) is 7.53. The highest BCUT2D eigenvalue weighted by Crippen LogP contribution is 2.25. The molecule has 0 radical (unpaired) electrons. The summed E-state index contributed by atoms with van der Waals surface area (Å²) in [5.74, 6) is 0.812. The third kappa shape index (κ3) is 3.54. The molecule has 0 aliphatic carbocycles. The number of hydrogen-bond donors (Lipinski definition) is 1. The van der Waals surface area contributed by atoms with Gasteiger partial charge in [-0.05, 0) is 63.8 Å². The number of pyridine rings is 2. The Morgan fingerprint density at radius 1 is 1.18 bits per heavy atom. The van der Waals surface area contributed by atoms with E-state index in [2.05, 4.69) is 26.9 Å². The number of nitrogens with one attached hydrogen (secondary N) is 1. The molecule has 0 bridgehead atoms. The number of carbonyl (C=O) groups excluding carboxylic acids is 1. The Morgan fingerprint density at radius 2 is 2.04 bits per heavy atom. The molecule has 1 N–H and O–H groups in total. The lowest BCUT2D eigenvalue weighted by Gasteiger charge is -2.33. The largest absolute Gasteiger partial charge is 0.341 e. The van der Waals surface area contributed by atoms with Crippen LogP contribution in [0.2, 0.25) is 0 Å². The number of aromatic amines is 1. The van der Waals surface area contributed by atoms with Crippen molar-refractivity contribution in [3.05, 3.63) is 53.7 Å². The predicted molar refractivity (Wildman–Crippen MR) is 109 cm³/mol. The molecule has 3 aromatic rings. The zero-order valence-corrected chi connectivity index (χ0v) is 16.6. The van der Waals surface area contributed by atoms with Gasteiger partial charge in [0.2, 0.25) is 0 Å². The van der Waals surface area contributed by atoms with Crippen LogP contribution in [0.25, 0.3) is 22.6 Å². The first-order valence-corrected chi connectivity index (χ1v) is 9.79. The van der Waals surface area contributed by atoms with E-state index in [9.17, 15) is 4.79 Å². The number of aromatic nitrogens is 4. The Labute approximate surface area is 165 Å².